The molecule has 1 aliphatic heterocycles. The first-order valence-electron chi connectivity index (χ1n) is 7.42. The van der Waals surface area contributed by atoms with Crippen molar-refractivity contribution in [3.05, 3.63) is 58.1 Å². The Kier molecular flexibility index (Phi) is 4.58. The third kappa shape index (κ3) is 3.48. The van der Waals surface area contributed by atoms with Gasteiger partial charge in [0.2, 0.25) is 6.10 Å². The molecule has 1 unspecified atom stereocenters. The lowest BCUT2D eigenvalue weighted by molar-refractivity contribution is -0.187. The first-order chi connectivity index (χ1) is 12.2. The van der Waals surface area contributed by atoms with E-state index in [1.165, 1.54) is 12.1 Å². The Morgan fingerprint density at radius 3 is 2.42 bits per heavy atom. The molecule has 1 aliphatic rings. The molecule has 0 fully saturated rings. The lowest BCUT2D eigenvalue weighted by Crippen LogP contribution is -2.40. The van der Waals surface area contributed by atoms with Crippen molar-refractivity contribution in [2.75, 3.05) is 0 Å². The summed E-state index contributed by atoms with van der Waals surface area (Å²) >= 11 is 6.12. The zero-order valence-electron chi connectivity index (χ0n) is 13.3. The average Bonchev–Trinajstić information content (AvgIpc) is 2.57. The summed E-state index contributed by atoms with van der Waals surface area (Å²) in [5.74, 6) is -1.48. The highest BCUT2D eigenvalue weighted by molar-refractivity contribution is 6.32. The maximum atomic E-state index is 13.1. The number of fused-ring (bicyclic) bond motifs is 1. The minimum absolute atomic E-state index is 0.0207. The molecule has 0 bridgehead atoms. The first-order valence-corrected chi connectivity index (χ1v) is 7.80. The number of carbonyl (C=O) groups is 1. The molecule has 8 heteroatoms. The monoisotopic (exact) mass is 384 g/mol. The fourth-order valence-corrected chi connectivity index (χ4v) is 2.66. The molecular formula is C18H12ClF3O4. The Balaban J connectivity index is 2.10. The number of aryl methyl sites for hydroxylation is 1. The number of ether oxygens (including phenoxy) is 2. The predicted molar refractivity (Wildman–Crippen MR) is 88.8 cm³/mol. The summed E-state index contributed by atoms with van der Waals surface area (Å²) in [5, 5.41) is 9.27. The quantitative estimate of drug-likeness (QED) is 0.787. The van der Waals surface area contributed by atoms with Gasteiger partial charge in [-0.3, -0.25) is 0 Å². The van der Waals surface area contributed by atoms with Crippen LogP contribution in [-0.2, 0) is 4.79 Å². The van der Waals surface area contributed by atoms with Crippen LogP contribution in [0.4, 0.5) is 13.2 Å². The molecule has 0 aliphatic carbocycles. The van der Waals surface area contributed by atoms with Gasteiger partial charge in [0.25, 0.3) is 0 Å². The molecule has 0 amide bonds. The van der Waals surface area contributed by atoms with E-state index < -0.39 is 23.8 Å². The van der Waals surface area contributed by atoms with Crippen LogP contribution in [0.1, 0.15) is 11.1 Å². The summed E-state index contributed by atoms with van der Waals surface area (Å²) in [6.07, 6.45) is -6.56. The van der Waals surface area contributed by atoms with E-state index in [1.807, 2.05) is 6.92 Å². The van der Waals surface area contributed by atoms with Crippen molar-refractivity contribution < 1.29 is 32.5 Å². The van der Waals surface area contributed by atoms with Crippen LogP contribution in [-0.4, -0.2) is 23.4 Å². The lowest BCUT2D eigenvalue weighted by atomic mass is 10.0. The van der Waals surface area contributed by atoms with Gasteiger partial charge in [0.15, 0.2) is 5.75 Å². The van der Waals surface area contributed by atoms with Crippen molar-refractivity contribution >= 4 is 23.6 Å². The van der Waals surface area contributed by atoms with E-state index in [0.717, 1.165) is 11.6 Å². The van der Waals surface area contributed by atoms with E-state index in [0.29, 0.717) is 5.75 Å². The molecule has 0 aromatic heterocycles. The summed E-state index contributed by atoms with van der Waals surface area (Å²) in [6.45, 7) is 1.88. The molecule has 1 N–H and O–H groups in total. The van der Waals surface area contributed by atoms with E-state index in [4.69, 9.17) is 26.2 Å². The van der Waals surface area contributed by atoms with Crippen LogP contribution in [0.3, 0.4) is 0 Å². The van der Waals surface area contributed by atoms with Crippen LogP contribution in [0.5, 0.6) is 17.2 Å². The molecule has 0 spiro atoms. The molecule has 2 aromatic carbocycles. The second kappa shape index (κ2) is 6.57. The Labute approximate surface area is 151 Å². The number of aliphatic carboxylic acids is 1. The summed E-state index contributed by atoms with van der Waals surface area (Å²) in [6, 6.07) is 9.47. The number of alkyl halides is 3. The molecule has 4 nitrogen and oxygen atoms in total. The number of hydrogen-bond acceptors (Lipinski definition) is 3. The third-order valence-corrected chi connectivity index (χ3v) is 4.02. The smallest absolute Gasteiger partial charge is 0.430 e. The molecule has 2 aromatic rings. The standard InChI is InChI=1S/C18H12ClF3O4/c1-9-2-4-10(5-3-9)25-15-11-8-12(17(23)24)16(18(20,21)22)26-14(11)7-6-13(15)19/h2-8,16H,1H3,(H,23,24). The van der Waals surface area contributed by atoms with Gasteiger partial charge in [0.1, 0.15) is 11.5 Å². The number of halogens is 4. The van der Waals surface area contributed by atoms with Crippen LogP contribution >= 0.6 is 11.6 Å². The van der Waals surface area contributed by atoms with Gasteiger partial charge in [-0.1, -0.05) is 29.3 Å². The van der Waals surface area contributed by atoms with E-state index in [2.05, 4.69) is 0 Å². The fourth-order valence-electron chi connectivity index (χ4n) is 2.46. The van der Waals surface area contributed by atoms with Crippen LogP contribution in [0.25, 0.3) is 6.08 Å². The van der Waals surface area contributed by atoms with Gasteiger partial charge in [-0.2, -0.15) is 13.2 Å². The second-order valence-electron chi connectivity index (χ2n) is 5.65. The molecule has 136 valence electrons. The number of carboxylic acids is 1. The first kappa shape index (κ1) is 18.1. The normalized spacial score (nSPS) is 16.3. The van der Waals surface area contributed by atoms with Gasteiger partial charge in [-0.25, -0.2) is 4.79 Å². The van der Waals surface area contributed by atoms with Crippen molar-refractivity contribution in [2.24, 2.45) is 0 Å². The van der Waals surface area contributed by atoms with Crippen LogP contribution in [0.2, 0.25) is 5.02 Å². The maximum absolute atomic E-state index is 13.1. The zero-order chi connectivity index (χ0) is 19.1. The van der Waals surface area contributed by atoms with Gasteiger partial charge in [0.05, 0.1) is 16.2 Å². The molecule has 3 rings (SSSR count). The van der Waals surface area contributed by atoms with E-state index in [9.17, 15) is 18.0 Å². The molecule has 1 heterocycles. The fraction of sp³-hybridized carbons (Fsp3) is 0.167. The predicted octanol–water partition coefficient (Wildman–Crippen LogP) is 5.23. The summed E-state index contributed by atoms with van der Waals surface area (Å²) < 4.78 is 50.0. The lowest BCUT2D eigenvalue weighted by Gasteiger charge is -2.28. The van der Waals surface area contributed by atoms with E-state index in [-0.39, 0.29) is 22.1 Å². The molecule has 0 radical (unpaired) electrons. The van der Waals surface area contributed by atoms with Crippen molar-refractivity contribution in [1.82, 2.24) is 0 Å². The molecule has 1 atom stereocenters. The topological polar surface area (TPSA) is 55.8 Å². The third-order valence-electron chi connectivity index (χ3n) is 3.72. The largest absolute Gasteiger partial charge is 0.478 e. The highest BCUT2D eigenvalue weighted by atomic mass is 35.5. The highest BCUT2D eigenvalue weighted by Gasteiger charge is 2.48. The van der Waals surface area contributed by atoms with Crippen LogP contribution in [0, 0.1) is 6.92 Å². The van der Waals surface area contributed by atoms with Gasteiger partial charge in [-0.05, 0) is 37.3 Å². The van der Waals surface area contributed by atoms with Gasteiger partial charge < -0.3 is 14.6 Å². The number of carboxylic acid groups (broad SMARTS) is 1. The molecule has 0 saturated carbocycles. The summed E-state index contributed by atoms with van der Waals surface area (Å²) in [7, 11) is 0. The van der Waals surface area contributed by atoms with E-state index in [1.54, 1.807) is 24.3 Å². The van der Waals surface area contributed by atoms with Gasteiger partial charge in [-0.15, -0.1) is 0 Å². The van der Waals surface area contributed by atoms with Gasteiger partial charge >= 0.3 is 12.1 Å². The minimum atomic E-state index is -4.88. The Morgan fingerprint density at radius 1 is 1.19 bits per heavy atom. The van der Waals surface area contributed by atoms with Crippen molar-refractivity contribution in [3.8, 4) is 17.2 Å². The van der Waals surface area contributed by atoms with E-state index >= 15 is 0 Å². The van der Waals surface area contributed by atoms with Gasteiger partial charge in [0, 0.05) is 0 Å². The van der Waals surface area contributed by atoms with Crippen molar-refractivity contribution in [3.63, 3.8) is 0 Å². The Morgan fingerprint density at radius 2 is 1.85 bits per heavy atom. The second-order valence-corrected chi connectivity index (χ2v) is 6.05. The number of rotatable bonds is 3. The molecule has 26 heavy (non-hydrogen) atoms. The highest BCUT2D eigenvalue weighted by Crippen LogP contribution is 2.45. The summed E-state index contributed by atoms with van der Waals surface area (Å²) in [5.41, 5.74) is 0.0833. The minimum Gasteiger partial charge on any atom is -0.478 e. The Bertz CT molecular complexity index is 889. The van der Waals surface area contributed by atoms with Crippen LogP contribution in [0.15, 0.2) is 42.0 Å². The zero-order valence-corrected chi connectivity index (χ0v) is 14.1. The maximum Gasteiger partial charge on any atom is 0.430 e. The average molecular weight is 385 g/mol. The van der Waals surface area contributed by atoms with Crippen LogP contribution < -0.4 is 9.47 Å². The summed E-state index contributed by atoms with van der Waals surface area (Å²) in [4.78, 5) is 11.3. The van der Waals surface area contributed by atoms with Crippen molar-refractivity contribution in [1.29, 1.82) is 0 Å². The van der Waals surface area contributed by atoms with Crippen molar-refractivity contribution in [2.45, 2.75) is 19.2 Å². The SMILES string of the molecule is Cc1ccc(Oc2c(Cl)ccc3c2C=C(C(=O)O)C(C(F)(F)F)O3)cc1. The number of hydrogen-bond donors (Lipinski definition) is 1. The molecule has 0 saturated heterocycles. The Hall–Kier alpha value is -2.67. The molecular weight excluding hydrogens is 373 g/mol. The number of benzene rings is 2.